The molecule has 0 saturated carbocycles. The van der Waals surface area contributed by atoms with Crippen LogP contribution in [-0.4, -0.2) is 59.5 Å². The van der Waals surface area contributed by atoms with E-state index in [9.17, 15) is 24.3 Å². The second-order valence-electron chi connectivity index (χ2n) is 10.1. The lowest BCUT2D eigenvalue weighted by Gasteiger charge is -2.26. The minimum Gasteiger partial charge on any atom is -0.480 e. The van der Waals surface area contributed by atoms with Gasteiger partial charge in [0.2, 0.25) is 17.7 Å². The molecule has 0 radical (unpaired) electrons. The zero-order valence-electron chi connectivity index (χ0n) is 21.2. The van der Waals surface area contributed by atoms with Gasteiger partial charge in [-0.1, -0.05) is 58.0 Å². The molecule has 1 fully saturated rings. The first-order valence-corrected chi connectivity index (χ1v) is 12.5. The fraction of sp³-hybridized carbons (Fsp3) is 0.615. The van der Waals surface area contributed by atoms with E-state index in [-0.39, 0.29) is 36.6 Å². The Hall–Kier alpha value is -2.94. The van der Waals surface area contributed by atoms with E-state index >= 15 is 0 Å². The highest BCUT2D eigenvalue weighted by Crippen LogP contribution is 2.11. The monoisotopic (exact) mass is 488 g/mol. The minimum atomic E-state index is -1.12. The predicted molar refractivity (Wildman–Crippen MR) is 134 cm³/mol. The van der Waals surface area contributed by atoms with Crippen molar-refractivity contribution in [1.82, 2.24) is 21.3 Å². The van der Waals surface area contributed by atoms with Crippen molar-refractivity contribution in [1.29, 1.82) is 0 Å². The Kier molecular flexibility index (Phi) is 11.2. The average molecular weight is 489 g/mol. The average Bonchev–Trinajstić information content (AvgIpc) is 3.33. The largest absolute Gasteiger partial charge is 0.480 e. The van der Waals surface area contributed by atoms with Gasteiger partial charge in [0, 0.05) is 6.42 Å². The fourth-order valence-electron chi connectivity index (χ4n) is 4.18. The van der Waals surface area contributed by atoms with E-state index in [1.165, 1.54) is 0 Å². The number of amides is 3. The molecule has 1 aliphatic heterocycles. The summed E-state index contributed by atoms with van der Waals surface area (Å²) in [4.78, 5) is 50.8. The number of benzene rings is 1. The number of carbonyl (C=O) groups is 4. The molecule has 0 spiro atoms. The van der Waals surface area contributed by atoms with Crippen LogP contribution in [0.5, 0.6) is 0 Å². The molecular weight excluding hydrogens is 448 g/mol. The molecule has 0 aliphatic carbocycles. The molecule has 0 bridgehead atoms. The number of aliphatic carboxylic acids is 1. The van der Waals surface area contributed by atoms with Crippen molar-refractivity contribution >= 4 is 23.7 Å². The van der Waals surface area contributed by atoms with Gasteiger partial charge in [0.05, 0.1) is 6.04 Å². The van der Waals surface area contributed by atoms with E-state index in [4.69, 9.17) is 0 Å². The Morgan fingerprint density at radius 2 is 1.46 bits per heavy atom. The third-order valence-corrected chi connectivity index (χ3v) is 5.95. The first-order chi connectivity index (χ1) is 16.6. The molecule has 1 aliphatic rings. The van der Waals surface area contributed by atoms with Crippen molar-refractivity contribution < 1.29 is 24.3 Å². The van der Waals surface area contributed by atoms with Crippen molar-refractivity contribution in [2.45, 2.75) is 84.0 Å². The number of carboxylic acid groups (broad SMARTS) is 1. The molecule has 1 heterocycles. The Bertz CT molecular complexity index is 853. The van der Waals surface area contributed by atoms with E-state index in [0.717, 1.165) is 18.5 Å². The summed E-state index contributed by atoms with van der Waals surface area (Å²) in [7, 11) is 0. The highest BCUT2D eigenvalue weighted by atomic mass is 16.4. The lowest BCUT2D eigenvalue weighted by molar-refractivity contribution is -0.142. The van der Waals surface area contributed by atoms with Gasteiger partial charge in [-0.25, -0.2) is 4.79 Å². The number of carbonyl (C=O) groups excluding carboxylic acids is 3. The minimum absolute atomic E-state index is 0.0633. The molecule has 1 aromatic rings. The topological polar surface area (TPSA) is 137 Å². The van der Waals surface area contributed by atoms with Crippen LogP contribution >= 0.6 is 0 Å². The summed E-state index contributed by atoms with van der Waals surface area (Å²) in [6.07, 6.45) is 2.49. The van der Waals surface area contributed by atoms with E-state index in [2.05, 4.69) is 21.3 Å². The molecule has 35 heavy (non-hydrogen) atoms. The zero-order valence-corrected chi connectivity index (χ0v) is 21.2. The van der Waals surface area contributed by atoms with Crippen LogP contribution in [0.3, 0.4) is 0 Å². The lowest BCUT2D eigenvalue weighted by Crippen LogP contribution is -2.57. The second kappa shape index (κ2) is 13.8. The van der Waals surface area contributed by atoms with Crippen molar-refractivity contribution in [2.75, 3.05) is 6.54 Å². The number of nitrogens with one attached hydrogen (secondary N) is 4. The normalized spacial score (nSPS) is 18.1. The molecule has 9 heteroatoms. The molecular formula is C26H40N4O5. The number of rotatable bonds is 13. The molecule has 4 unspecified atom stereocenters. The van der Waals surface area contributed by atoms with Crippen LogP contribution in [0, 0.1) is 11.8 Å². The van der Waals surface area contributed by atoms with Gasteiger partial charge in [-0.15, -0.1) is 0 Å². The molecule has 4 atom stereocenters. The Labute approximate surface area is 207 Å². The van der Waals surface area contributed by atoms with Gasteiger partial charge in [-0.05, 0) is 49.6 Å². The highest BCUT2D eigenvalue weighted by Gasteiger charge is 2.32. The number of hydrogen-bond donors (Lipinski definition) is 5. The molecule has 5 N–H and O–H groups in total. The molecule has 3 amide bonds. The van der Waals surface area contributed by atoms with Crippen molar-refractivity contribution in [3.8, 4) is 0 Å². The summed E-state index contributed by atoms with van der Waals surface area (Å²) < 4.78 is 0. The standard InChI is InChI=1S/C26H40N4O5/c1-16(2)13-20(28-23(31)19-11-8-12-27-19)24(32)29-21(15-18-9-6-5-7-10-18)25(33)30-22(26(34)35)14-17(3)4/h5-7,9-10,16-17,19-22,27H,8,11-15H2,1-4H3,(H,28,31)(H,29,32)(H,30,33)(H,34,35). The summed E-state index contributed by atoms with van der Waals surface area (Å²) in [6.45, 7) is 8.43. The van der Waals surface area contributed by atoms with Crippen LogP contribution in [-0.2, 0) is 25.6 Å². The van der Waals surface area contributed by atoms with E-state index < -0.39 is 35.9 Å². The first-order valence-electron chi connectivity index (χ1n) is 12.5. The van der Waals surface area contributed by atoms with Crippen LogP contribution in [0.4, 0.5) is 0 Å². The van der Waals surface area contributed by atoms with Crippen molar-refractivity contribution in [2.24, 2.45) is 11.8 Å². The van der Waals surface area contributed by atoms with E-state index in [0.29, 0.717) is 12.8 Å². The maximum atomic E-state index is 13.3. The van der Waals surface area contributed by atoms with Crippen LogP contribution in [0.1, 0.15) is 58.9 Å². The van der Waals surface area contributed by atoms with Gasteiger partial charge < -0.3 is 26.4 Å². The Morgan fingerprint density at radius 1 is 0.886 bits per heavy atom. The smallest absolute Gasteiger partial charge is 0.326 e. The first kappa shape index (κ1) is 28.3. The van der Waals surface area contributed by atoms with Crippen molar-refractivity contribution in [3.05, 3.63) is 35.9 Å². The maximum Gasteiger partial charge on any atom is 0.326 e. The zero-order chi connectivity index (χ0) is 26.0. The van der Waals surface area contributed by atoms with Crippen LogP contribution in [0.15, 0.2) is 30.3 Å². The van der Waals surface area contributed by atoms with E-state index in [1.807, 2.05) is 58.0 Å². The summed E-state index contributed by atoms with van der Waals surface area (Å²) in [5, 5.41) is 20.9. The molecule has 1 saturated heterocycles. The summed E-state index contributed by atoms with van der Waals surface area (Å²) in [6, 6.07) is 6.03. The van der Waals surface area contributed by atoms with Crippen LogP contribution < -0.4 is 21.3 Å². The van der Waals surface area contributed by atoms with Crippen molar-refractivity contribution in [3.63, 3.8) is 0 Å². The fourth-order valence-corrected chi connectivity index (χ4v) is 4.18. The molecule has 1 aromatic carbocycles. The molecule has 0 aromatic heterocycles. The van der Waals surface area contributed by atoms with Gasteiger partial charge in [0.25, 0.3) is 0 Å². The second-order valence-corrected chi connectivity index (χ2v) is 10.1. The highest BCUT2D eigenvalue weighted by molar-refractivity contribution is 5.94. The third-order valence-electron chi connectivity index (χ3n) is 5.95. The predicted octanol–water partition coefficient (Wildman–Crippen LogP) is 1.61. The van der Waals surface area contributed by atoms with Gasteiger partial charge in [0.15, 0.2) is 0 Å². The van der Waals surface area contributed by atoms with E-state index in [1.54, 1.807) is 0 Å². The third kappa shape index (κ3) is 9.68. The Balaban J connectivity index is 2.19. The number of hydrogen-bond acceptors (Lipinski definition) is 5. The summed E-state index contributed by atoms with van der Waals surface area (Å²) in [5.74, 6) is -2.18. The molecule has 2 rings (SSSR count). The maximum absolute atomic E-state index is 13.3. The van der Waals surface area contributed by atoms with Crippen LogP contribution in [0.2, 0.25) is 0 Å². The number of carboxylic acids is 1. The molecule has 194 valence electrons. The summed E-state index contributed by atoms with van der Waals surface area (Å²) >= 11 is 0. The quantitative estimate of drug-likeness (QED) is 0.286. The molecule has 9 nitrogen and oxygen atoms in total. The summed E-state index contributed by atoms with van der Waals surface area (Å²) in [5.41, 5.74) is 0.822. The Morgan fingerprint density at radius 3 is 2.00 bits per heavy atom. The van der Waals surface area contributed by atoms with Crippen LogP contribution in [0.25, 0.3) is 0 Å². The SMILES string of the molecule is CC(C)CC(NC(=O)C(Cc1ccccc1)NC(=O)C(CC(C)C)NC(=O)C1CCCN1)C(=O)O. The van der Waals surface area contributed by atoms with Gasteiger partial charge in [0.1, 0.15) is 18.1 Å². The van der Waals surface area contributed by atoms with Gasteiger partial charge >= 0.3 is 5.97 Å². The lowest BCUT2D eigenvalue weighted by atomic mass is 9.99. The van der Waals surface area contributed by atoms with Gasteiger partial charge in [-0.2, -0.15) is 0 Å². The van der Waals surface area contributed by atoms with Gasteiger partial charge in [-0.3, -0.25) is 14.4 Å².